The molecule has 22 heavy (non-hydrogen) atoms. The maximum atomic E-state index is 5.62. The Balaban J connectivity index is 0.00000176. The Kier molecular flexibility index (Phi) is 6.76. The number of hydrogen-bond donors (Lipinski definition) is 1. The van der Waals surface area contributed by atoms with Gasteiger partial charge in [-0.15, -0.1) is 24.0 Å². The number of likely N-dealkylation sites (tertiary alicyclic amines) is 2. The number of ether oxygens (including phenoxy) is 1. The predicted molar refractivity (Wildman–Crippen MR) is 101 cm³/mol. The van der Waals surface area contributed by atoms with Crippen LogP contribution in [0.5, 0.6) is 0 Å². The number of guanidine groups is 1. The van der Waals surface area contributed by atoms with Crippen molar-refractivity contribution < 1.29 is 4.74 Å². The number of nitrogens with one attached hydrogen (secondary N) is 1. The maximum Gasteiger partial charge on any atom is 0.193 e. The van der Waals surface area contributed by atoms with Crippen LogP contribution in [0, 0.1) is 11.3 Å². The molecule has 3 aliphatic heterocycles. The monoisotopic (exact) mass is 422 g/mol. The topological polar surface area (TPSA) is 40.1 Å². The third-order valence-electron chi connectivity index (χ3n) is 5.50. The Bertz CT molecular complexity index is 384. The van der Waals surface area contributed by atoms with Crippen molar-refractivity contribution in [2.75, 3.05) is 59.5 Å². The second kappa shape index (κ2) is 8.15. The van der Waals surface area contributed by atoms with Crippen LogP contribution < -0.4 is 5.32 Å². The third kappa shape index (κ3) is 4.06. The average Bonchev–Trinajstić information content (AvgIpc) is 3.23. The summed E-state index contributed by atoms with van der Waals surface area (Å²) in [6, 6.07) is 0. The third-order valence-corrected chi connectivity index (χ3v) is 5.50. The van der Waals surface area contributed by atoms with E-state index in [4.69, 9.17) is 4.74 Å². The second-order valence-corrected chi connectivity index (χ2v) is 6.95. The summed E-state index contributed by atoms with van der Waals surface area (Å²) in [5, 5.41) is 3.61. The Morgan fingerprint density at radius 2 is 2.23 bits per heavy atom. The van der Waals surface area contributed by atoms with Gasteiger partial charge in [0.2, 0.25) is 0 Å². The lowest BCUT2D eigenvalue weighted by Crippen LogP contribution is -2.43. The van der Waals surface area contributed by atoms with Gasteiger partial charge in [-0.1, -0.05) is 6.92 Å². The van der Waals surface area contributed by atoms with Gasteiger partial charge in [0.25, 0.3) is 0 Å². The maximum absolute atomic E-state index is 5.62. The molecule has 1 N–H and O–H groups in total. The highest BCUT2D eigenvalue weighted by Gasteiger charge is 2.42. The lowest BCUT2D eigenvalue weighted by molar-refractivity contribution is 0.156. The van der Waals surface area contributed by atoms with Crippen molar-refractivity contribution in [3.63, 3.8) is 0 Å². The van der Waals surface area contributed by atoms with Crippen molar-refractivity contribution in [2.45, 2.75) is 26.2 Å². The van der Waals surface area contributed by atoms with Crippen molar-refractivity contribution in [3.8, 4) is 0 Å². The van der Waals surface area contributed by atoms with Crippen molar-refractivity contribution in [2.24, 2.45) is 16.3 Å². The molecule has 3 rings (SSSR count). The summed E-state index contributed by atoms with van der Waals surface area (Å²) < 4.78 is 5.62. The molecule has 0 radical (unpaired) electrons. The normalized spacial score (nSPS) is 32.7. The summed E-state index contributed by atoms with van der Waals surface area (Å²) in [5.41, 5.74) is 0.407. The predicted octanol–water partition coefficient (Wildman–Crippen LogP) is 1.63. The molecule has 3 heterocycles. The van der Waals surface area contributed by atoms with E-state index in [0.717, 1.165) is 44.7 Å². The molecule has 1 spiro atoms. The lowest BCUT2D eigenvalue weighted by Gasteiger charge is -2.25. The molecule has 0 aromatic heterocycles. The molecule has 2 atom stereocenters. The summed E-state index contributed by atoms with van der Waals surface area (Å²) in [6.45, 7) is 11.1. The minimum Gasteiger partial charge on any atom is -0.381 e. The van der Waals surface area contributed by atoms with E-state index >= 15 is 0 Å². The first-order valence-corrected chi connectivity index (χ1v) is 8.50. The molecule has 5 nitrogen and oxygen atoms in total. The first-order valence-electron chi connectivity index (χ1n) is 8.50. The number of nitrogens with zero attached hydrogens (tertiary/aromatic N) is 3. The van der Waals surface area contributed by atoms with Crippen molar-refractivity contribution >= 4 is 29.9 Å². The van der Waals surface area contributed by atoms with Crippen LogP contribution in [-0.2, 0) is 4.74 Å². The average molecular weight is 422 g/mol. The van der Waals surface area contributed by atoms with E-state index in [1.54, 1.807) is 0 Å². The molecular weight excluding hydrogens is 391 g/mol. The van der Waals surface area contributed by atoms with Crippen LogP contribution in [0.1, 0.15) is 26.2 Å². The fourth-order valence-corrected chi connectivity index (χ4v) is 4.02. The fourth-order valence-electron chi connectivity index (χ4n) is 4.02. The second-order valence-electron chi connectivity index (χ2n) is 6.95. The minimum absolute atomic E-state index is 0. The van der Waals surface area contributed by atoms with Gasteiger partial charge in [0.05, 0.1) is 6.61 Å². The number of hydrogen-bond acceptors (Lipinski definition) is 3. The summed E-state index contributed by atoms with van der Waals surface area (Å²) in [7, 11) is 1.91. The van der Waals surface area contributed by atoms with Gasteiger partial charge in [0, 0.05) is 45.2 Å². The molecule has 128 valence electrons. The Labute approximate surface area is 151 Å². The van der Waals surface area contributed by atoms with E-state index in [2.05, 4.69) is 27.0 Å². The standard InChI is InChI=1S/C16H30N4O.HI/c1-3-19-7-4-14(11-19)10-18-15(17-2)20-8-5-16(12-20)6-9-21-13-16;/h14H,3-13H2,1-2H3,(H,17,18);1H. The van der Waals surface area contributed by atoms with Crippen LogP contribution in [0.15, 0.2) is 4.99 Å². The summed E-state index contributed by atoms with van der Waals surface area (Å²) in [6.07, 6.45) is 3.78. The first kappa shape index (κ1) is 18.3. The van der Waals surface area contributed by atoms with Crippen molar-refractivity contribution in [3.05, 3.63) is 0 Å². The van der Waals surface area contributed by atoms with Crippen LogP contribution in [0.3, 0.4) is 0 Å². The van der Waals surface area contributed by atoms with E-state index in [0.29, 0.717) is 5.41 Å². The van der Waals surface area contributed by atoms with Gasteiger partial charge in [-0.3, -0.25) is 4.99 Å². The molecule has 0 amide bonds. The van der Waals surface area contributed by atoms with Crippen LogP contribution in [0.25, 0.3) is 0 Å². The van der Waals surface area contributed by atoms with Crippen LogP contribution in [0.4, 0.5) is 0 Å². The van der Waals surface area contributed by atoms with E-state index in [-0.39, 0.29) is 24.0 Å². The fraction of sp³-hybridized carbons (Fsp3) is 0.938. The van der Waals surface area contributed by atoms with E-state index in [1.165, 1.54) is 38.9 Å². The highest BCUT2D eigenvalue weighted by Crippen LogP contribution is 2.38. The zero-order valence-electron chi connectivity index (χ0n) is 14.0. The summed E-state index contributed by atoms with van der Waals surface area (Å²) in [4.78, 5) is 9.47. The van der Waals surface area contributed by atoms with Crippen LogP contribution >= 0.6 is 24.0 Å². The van der Waals surface area contributed by atoms with Crippen LogP contribution in [0.2, 0.25) is 0 Å². The Morgan fingerprint density at radius 1 is 1.36 bits per heavy atom. The zero-order chi connectivity index (χ0) is 14.7. The highest BCUT2D eigenvalue weighted by atomic mass is 127. The molecule has 3 saturated heterocycles. The minimum atomic E-state index is 0. The van der Waals surface area contributed by atoms with Crippen LogP contribution in [-0.4, -0.2) is 75.3 Å². The lowest BCUT2D eigenvalue weighted by atomic mass is 9.87. The van der Waals surface area contributed by atoms with Crippen molar-refractivity contribution in [1.29, 1.82) is 0 Å². The first-order chi connectivity index (χ1) is 10.2. The van der Waals surface area contributed by atoms with Gasteiger partial charge in [0.15, 0.2) is 5.96 Å². The molecule has 2 unspecified atom stereocenters. The smallest absolute Gasteiger partial charge is 0.193 e. The quantitative estimate of drug-likeness (QED) is 0.427. The summed E-state index contributed by atoms with van der Waals surface area (Å²) in [5.74, 6) is 1.86. The van der Waals surface area contributed by atoms with Gasteiger partial charge < -0.3 is 19.9 Å². The van der Waals surface area contributed by atoms with E-state index in [9.17, 15) is 0 Å². The van der Waals surface area contributed by atoms with Gasteiger partial charge in [-0.25, -0.2) is 0 Å². The van der Waals surface area contributed by atoms with Gasteiger partial charge in [-0.05, 0) is 38.3 Å². The van der Waals surface area contributed by atoms with E-state index in [1.807, 2.05) is 7.05 Å². The van der Waals surface area contributed by atoms with Gasteiger partial charge >= 0.3 is 0 Å². The van der Waals surface area contributed by atoms with Gasteiger partial charge in [0.1, 0.15) is 0 Å². The van der Waals surface area contributed by atoms with Gasteiger partial charge in [-0.2, -0.15) is 0 Å². The molecule has 0 aromatic rings. The largest absolute Gasteiger partial charge is 0.381 e. The van der Waals surface area contributed by atoms with Crippen molar-refractivity contribution in [1.82, 2.24) is 15.1 Å². The molecule has 0 bridgehead atoms. The summed E-state index contributed by atoms with van der Waals surface area (Å²) >= 11 is 0. The zero-order valence-corrected chi connectivity index (χ0v) is 16.3. The van der Waals surface area contributed by atoms with E-state index < -0.39 is 0 Å². The molecule has 6 heteroatoms. The number of halogens is 1. The molecule has 0 saturated carbocycles. The number of aliphatic imine (C=N–C) groups is 1. The molecular formula is C16H31IN4O. The SMILES string of the molecule is CCN1CCC(CNC(=NC)N2CCC3(CCOC3)C2)C1.I. The molecule has 3 fully saturated rings. The molecule has 3 aliphatic rings. The molecule has 0 aromatic carbocycles. The number of rotatable bonds is 3. The molecule has 0 aliphatic carbocycles. The Hall–Kier alpha value is -0.0800. The Morgan fingerprint density at radius 3 is 2.86 bits per heavy atom. The highest BCUT2D eigenvalue weighted by molar-refractivity contribution is 14.0.